The zero-order valence-corrected chi connectivity index (χ0v) is 14.3. The van der Waals surface area contributed by atoms with Gasteiger partial charge in [-0.1, -0.05) is 12.1 Å². The average Bonchev–Trinajstić information content (AvgIpc) is 3.34. The van der Waals surface area contributed by atoms with Gasteiger partial charge in [0.1, 0.15) is 28.7 Å². The van der Waals surface area contributed by atoms with E-state index >= 15 is 0 Å². The van der Waals surface area contributed by atoms with Crippen LogP contribution in [-0.4, -0.2) is 20.3 Å². The molecule has 4 aromatic rings. The lowest BCUT2D eigenvalue weighted by atomic mass is 10.2. The van der Waals surface area contributed by atoms with Gasteiger partial charge in [-0.15, -0.1) is 0 Å². The van der Waals surface area contributed by atoms with Crippen molar-refractivity contribution in [1.82, 2.24) is 14.3 Å². The Bertz CT molecular complexity index is 1150. The van der Waals surface area contributed by atoms with Gasteiger partial charge >= 0.3 is 0 Å². The molecule has 0 aliphatic carbocycles. The molecule has 1 N–H and O–H groups in total. The largest absolute Gasteiger partial charge is 0.319 e. The maximum Gasteiger partial charge on any atom is 0.261 e. The Morgan fingerprint density at radius 2 is 1.68 bits per heavy atom. The number of amides is 1. The smallest absolute Gasteiger partial charge is 0.261 e. The number of rotatable bonds is 4. The summed E-state index contributed by atoms with van der Waals surface area (Å²) in [5.74, 6) is -2.45. The summed E-state index contributed by atoms with van der Waals surface area (Å²) in [4.78, 5) is 12.8. The first-order valence-electron chi connectivity index (χ1n) is 8.27. The summed E-state index contributed by atoms with van der Waals surface area (Å²) in [6, 6.07) is 12.2. The standard InChI is InChI=1S/C20H13F3N4O/c21-13-7-8-15(22)17(11-13)25-19(28)14-12-24-27(18-6-2-1-5-16(18)23)20(14)26-9-3-4-10-26/h1-12H,(H,25,28). The number of hydrogen-bond donors (Lipinski definition) is 1. The summed E-state index contributed by atoms with van der Waals surface area (Å²) >= 11 is 0. The first-order chi connectivity index (χ1) is 13.5. The van der Waals surface area contributed by atoms with Gasteiger partial charge in [0.15, 0.2) is 5.82 Å². The molecule has 0 unspecified atom stereocenters. The van der Waals surface area contributed by atoms with E-state index in [-0.39, 0.29) is 22.8 Å². The zero-order valence-electron chi connectivity index (χ0n) is 14.3. The highest BCUT2D eigenvalue weighted by Gasteiger charge is 2.22. The summed E-state index contributed by atoms with van der Waals surface area (Å²) in [5.41, 5.74) is -0.104. The van der Waals surface area contributed by atoms with Crippen LogP contribution in [0.1, 0.15) is 10.4 Å². The van der Waals surface area contributed by atoms with Crippen LogP contribution in [-0.2, 0) is 0 Å². The van der Waals surface area contributed by atoms with E-state index in [2.05, 4.69) is 10.4 Å². The molecule has 2 heterocycles. The summed E-state index contributed by atoms with van der Waals surface area (Å²) in [5, 5.41) is 6.47. The molecular weight excluding hydrogens is 369 g/mol. The number of carbonyl (C=O) groups is 1. The molecule has 1 amide bonds. The van der Waals surface area contributed by atoms with Crippen LogP contribution in [0.4, 0.5) is 18.9 Å². The lowest BCUT2D eigenvalue weighted by Crippen LogP contribution is -2.16. The number of benzene rings is 2. The van der Waals surface area contributed by atoms with E-state index in [0.29, 0.717) is 0 Å². The van der Waals surface area contributed by atoms with Gasteiger partial charge in [0.05, 0.1) is 11.9 Å². The lowest BCUT2D eigenvalue weighted by Gasteiger charge is -2.12. The van der Waals surface area contributed by atoms with Crippen molar-refractivity contribution in [2.45, 2.75) is 0 Å². The molecule has 0 spiro atoms. The predicted molar refractivity (Wildman–Crippen MR) is 97.2 cm³/mol. The number of hydrogen-bond acceptors (Lipinski definition) is 2. The van der Waals surface area contributed by atoms with Crippen LogP contribution in [0.5, 0.6) is 0 Å². The first kappa shape index (κ1) is 17.6. The van der Waals surface area contributed by atoms with E-state index < -0.39 is 23.4 Å². The van der Waals surface area contributed by atoms with Gasteiger partial charge in [-0.2, -0.15) is 5.10 Å². The number of para-hydroxylation sites is 1. The molecular formula is C20H13F3N4O. The maximum absolute atomic E-state index is 14.3. The van der Waals surface area contributed by atoms with Crippen molar-refractivity contribution in [3.8, 4) is 11.5 Å². The van der Waals surface area contributed by atoms with Crippen molar-refractivity contribution >= 4 is 11.6 Å². The van der Waals surface area contributed by atoms with Crippen LogP contribution in [0.3, 0.4) is 0 Å². The van der Waals surface area contributed by atoms with E-state index in [1.54, 1.807) is 35.2 Å². The molecule has 140 valence electrons. The molecule has 0 bridgehead atoms. The van der Waals surface area contributed by atoms with Crippen LogP contribution in [0.15, 0.2) is 73.2 Å². The molecule has 0 fully saturated rings. The fraction of sp³-hybridized carbons (Fsp3) is 0. The van der Waals surface area contributed by atoms with Crippen LogP contribution in [0.25, 0.3) is 11.5 Å². The van der Waals surface area contributed by atoms with Crippen molar-refractivity contribution < 1.29 is 18.0 Å². The molecule has 0 saturated carbocycles. The molecule has 2 aromatic heterocycles. The second-order valence-corrected chi connectivity index (χ2v) is 5.91. The first-order valence-corrected chi connectivity index (χ1v) is 8.27. The minimum atomic E-state index is -0.779. The number of aromatic nitrogens is 3. The van der Waals surface area contributed by atoms with Gasteiger partial charge in [-0.25, -0.2) is 17.9 Å². The van der Waals surface area contributed by atoms with Crippen molar-refractivity contribution in [3.63, 3.8) is 0 Å². The van der Waals surface area contributed by atoms with Crippen LogP contribution in [0, 0.1) is 17.5 Å². The van der Waals surface area contributed by atoms with Crippen molar-refractivity contribution in [3.05, 3.63) is 96.2 Å². The Balaban J connectivity index is 1.81. The molecule has 0 atom stereocenters. The van der Waals surface area contributed by atoms with E-state index in [1.807, 2.05) is 0 Å². The van der Waals surface area contributed by atoms with Crippen LogP contribution < -0.4 is 5.32 Å². The van der Waals surface area contributed by atoms with Gasteiger partial charge in [0, 0.05) is 18.5 Å². The van der Waals surface area contributed by atoms with Gasteiger partial charge in [-0.3, -0.25) is 4.79 Å². The second kappa shape index (κ2) is 7.07. The topological polar surface area (TPSA) is 51.9 Å². The van der Waals surface area contributed by atoms with E-state index in [9.17, 15) is 18.0 Å². The highest BCUT2D eigenvalue weighted by atomic mass is 19.1. The third-order valence-corrected chi connectivity index (χ3v) is 4.09. The van der Waals surface area contributed by atoms with E-state index in [1.165, 1.54) is 29.1 Å². The van der Waals surface area contributed by atoms with Crippen molar-refractivity contribution in [1.29, 1.82) is 0 Å². The lowest BCUT2D eigenvalue weighted by molar-refractivity contribution is 0.102. The van der Waals surface area contributed by atoms with Crippen LogP contribution in [0.2, 0.25) is 0 Å². The fourth-order valence-corrected chi connectivity index (χ4v) is 2.81. The number of nitrogens with one attached hydrogen (secondary N) is 1. The highest BCUT2D eigenvalue weighted by Crippen LogP contribution is 2.23. The summed E-state index contributed by atoms with van der Waals surface area (Å²) in [6.45, 7) is 0. The molecule has 0 aliphatic heterocycles. The highest BCUT2D eigenvalue weighted by molar-refractivity contribution is 6.06. The van der Waals surface area contributed by atoms with Crippen molar-refractivity contribution in [2.75, 3.05) is 5.32 Å². The zero-order chi connectivity index (χ0) is 19.7. The fourth-order valence-electron chi connectivity index (χ4n) is 2.81. The second-order valence-electron chi connectivity index (χ2n) is 5.91. The molecule has 8 heteroatoms. The Labute approximate surface area is 157 Å². The summed E-state index contributed by atoms with van der Waals surface area (Å²) < 4.78 is 44.4. The third kappa shape index (κ3) is 3.16. The van der Waals surface area contributed by atoms with Gasteiger partial charge in [-0.05, 0) is 36.4 Å². The molecule has 4 rings (SSSR count). The Hall–Kier alpha value is -3.81. The molecule has 0 aliphatic rings. The van der Waals surface area contributed by atoms with Gasteiger partial charge in [0.2, 0.25) is 0 Å². The quantitative estimate of drug-likeness (QED) is 0.571. The Kier molecular flexibility index (Phi) is 4.44. The van der Waals surface area contributed by atoms with Gasteiger partial charge < -0.3 is 9.88 Å². The minimum Gasteiger partial charge on any atom is -0.319 e. The number of anilines is 1. The molecule has 0 radical (unpaired) electrons. The van der Waals surface area contributed by atoms with E-state index in [4.69, 9.17) is 0 Å². The average molecular weight is 382 g/mol. The Morgan fingerprint density at radius 3 is 2.43 bits per heavy atom. The Morgan fingerprint density at radius 1 is 0.929 bits per heavy atom. The summed E-state index contributed by atoms with van der Waals surface area (Å²) in [7, 11) is 0. The monoisotopic (exact) mass is 382 g/mol. The van der Waals surface area contributed by atoms with Crippen LogP contribution >= 0.6 is 0 Å². The minimum absolute atomic E-state index is 0.0584. The summed E-state index contributed by atoms with van der Waals surface area (Å²) in [6.07, 6.45) is 4.57. The van der Waals surface area contributed by atoms with Gasteiger partial charge in [0.25, 0.3) is 5.91 Å². The maximum atomic E-state index is 14.3. The van der Waals surface area contributed by atoms with E-state index in [0.717, 1.165) is 18.2 Å². The predicted octanol–water partition coefficient (Wildman–Crippen LogP) is 4.33. The number of halogens is 3. The molecule has 2 aromatic carbocycles. The number of carbonyl (C=O) groups excluding carboxylic acids is 1. The number of nitrogens with zero attached hydrogens (tertiary/aromatic N) is 3. The van der Waals surface area contributed by atoms with Crippen molar-refractivity contribution in [2.24, 2.45) is 0 Å². The molecule has 0 saturated heterocycles. The normalized spacial score (nSPS) is 10.8. The third-order valence-electron chi connectivity index (χ3n) is 4.09. The molecule has 28 heavy (non-hydrogen) atoms. The molecule has 5 nitrogen and oxygen atoms in total. The SMILES string of the molecule is O=C(Nc1cc(F)ccc1F)c1cnn(-c2ccccc2F)c1-n1cccc1.